The van der Waals surface area contributed by atoms with Gasteiger partial charge in [-0.05, 0) is 23.3 Å². The van der Waals surface area contributed by atoms with Crippen LogP contribution in [0.1, 0.15) is 23.2 Å². The lowest BCUT2D eigenvalue weighted by molar-refractivity contribution is 0.323. The molecule has 1 aliphatic rings. The van der Waals surface area contributed by atoms with Crippen LogP contribution < -0.4 is 19.5 Å². The molecule has 1 aliphatic heterocycles. The quantitative estimate of drug-likeness (QED) is 0.858. The van der Waals surface area contributed by atoms with Crippen molar-refractivity contribution in [3.8, 4) is 17.2 Å². The summed E-state index contributed by atoms with van der Waals surface area (Å²) in [6.07, 6.45) is 0. The Kier molecular flexibility index (Phi) is 3.71. The van der Waals surface area contributed by atoms with Gasteiger partial charge in [-0.3, -0.25) is 5.32 Å². The van der Waals surface area contributed by atoms with E-state index in [0.717, 1.165) is 5.56 Å². The Bertz CT molecular complexity index is 602. The normalized spacial score (nSPS) is 20.0. The van der Waals surface area contributed by atoms with Gasteiger partial charge in [0.15, 0.2) is 11.5 Å². The summed E-state index contributed by atoms with van der Waals surface area (Å²) in [5.41, 5.74) is 2.43. The Morgan fingerprint density at radius 2 is 1.33 bits per heavy atom. The first-order valence-electron chi connectivity index (χ1n) is 6.89. The van der Waals surface area contributed by atoms with Crippen molar-refractivity contribution in [2.75, 3.05) is 21.3 Å². The minimum Gasteiger partial charge on any atom is -0.493 e. The molecule has 2 aromatic rings. The number of ether oxygens (including phenoxy) is 3. The summed E-state index contributed by atoms with van der Waals surface area (Å²) in [5, 5.41) is 3.49. The van der Waals surface area contributed by atoms with Gasteiger partial charge in [-0.1, -0.05) is 30.3 Å². The molecular weight excluding hydrogens is 266 g/mol. The van der Waals surface area contributed by atoms with E-state index in [9.17, 15) is 0 Å². The molecule has 1 saturated heterocycles. The minimum atomic E-state index is 0.279. The smallest absolute Gasteiger partial charge is 0.203 e. The molecule has 21 heavy (non-hydrogen) atoms. The number of nitrogens with one attached hydrogen (secondary N) is 1. The molecule has 4 heteroatoms. The highest BCUT2D eigenvalue weighted by Gasteiger charge is 2.39. The Morgan fingerprint density at radius 1 is 0.762 bits per heavy atom. The Hall–Kier alpha value is -2.20. The van der Waals surface area contributed by atoms with Gasteiger partial charge in [0.05, 0.1) is 33.4 Å². The molecule has 1 fully saturated rings. The zero-order valence-electron chi connectivity index (χ0n) is 12.4. The fraction of sp³-hybridized carbons (Fsp3) is 0.294. The van der Waals surface area contributed by atoms with Crippen LogP contribution in [0.4, 0.5) is 0 Å². The van der Waals surface area contributed by atoms with Crippen LogP contribution in [-0.4, -0.2) is 21.3 Å². The first-order valence-corrected chi connectivity index (χ1v) is 6.89. The van der Waals surface area contributed by atoms with Crippen molar-refractivity contribution in [3.05, 3.63) is 53.6 Å². The number of methoxy groups -OCH3 is 3. The van der Waals surface area contributed by atoms with Crippen molar-refractivity contribution in [2.45, 2.75) is 12.1 Å². The van der Waals surface area contributed by atoms with Gasteiger partial charge in [-0.25, -0.2) is 0 Å². The van der Waals surface area contributed by atoms with E-state index in [1.807, 2.05) is 18.2 Å². The third kappa shape index (κ3) is 2.54. The van der Waals surface area contributed by atoms with Crippen LogP contribution in [0.25, 0.3) is 0 Å². The molecule has 1 heterocycles. The number of benzene rings is 2. The lowest BCUT2D eigenvalue weighted by atomic mass is 10.0. The zero-order chi connectivity index (χ0) is 14.8. The Labute approximate surface area is 124 Å². The van der Waals surface area contributed by atoms with Crippen molar-refractivity contribution in [3.63, 3.8) is 0 Å². The minimum absolute atomic E-state index is 0.279. The van der Waals surface area contributed by atoms with Gasteiger partial charge >= 0.3 is 0 Å². The fourth-order valence-corrected chi connectivity index (χ4v) is 2.66. The first-order chi connectivity index (χ1) is 10.3. The maximum absolute atomic E-state index is 5.41. The average Bonchev–Trinajstić information content (AvgIpc) is 3.34. The molecule has 0 saturated carbocycles. The second kappa shape index (κ2) is 5.66. The van der Waals surface area contributed by atoms with Crippen LogP contribution in [0.5, 0.6) is 17.2 Å². The van der Waals surface area contributed by atoms with E-state index < -0.39 is 0 Å². The summed E-state index contributed by atoms with van der Waals surface area (Å²) in [6.45, 7) is 0. The SMILES string of the molecule is COc1cc(C2NC2c2ccccc2)cc(OC)c1OC. The molecule has 2 unspecified atom stereocenters. The van der Waals surface area contributed by atoms with Crippen molar-refractivity contribution in [2.24, 2.45) is 0 Å². The van der Waals surface area contributed by atoms with Crippen LogP contribution >= 0.6 is 0 Å². The van der Waals surface area contributed by atoms with Gasteiger partial charge in [0, 0.05) is 0 Å². The molecule has 4 nitrogen and oxygen atoms in total. The van der Waals surface area contributed by atoms with Crippen LogP contribution in [0.3, 0.4) is 0 Å². The number of hydrogen-bond donors (Lipinski definition) is 1. The highest BCUT2D eigenvalue weighted by Crippen LogP contribution is 2.47. The van der Waals surface area contributed by atoms with E-state index in [2.05, 4.69) is 29.6 Å². The zero-order valence-corrected chi connectivity index (χ0v) is 12.4. The molecule has 0 radical (unpaired) electrons. The van der Waals surface area contributed by atoms with Gasteiger partial charge in [-0.15, -0.1) is 0 Å². The Morgan fingerprint density at radius 3 is 1.86 bits per heavy atom. The van der Waals surface area contributed by atoms with E-state index >= 15 is 0 Å². The topological polar surface area (TPSA) is 49.6 Å². The van der Waals surface area contributed by atoms with E-state index in [-0.39, 0.29) is 6.04 Å². The molecular formula is C17H19NO3. The lowest BCUT2D eigenvalue weighted by Gasteiger charge is -2.13. The summed E-state index contributed by atoms with van der Waals surface area (Å²) in [4.78, 5) is 0. The molecule has 0 spiro atoms. The molecule has 1 N–H and O–H groups in total. The van der Waals surface area contributed by atoms with Crippen LogP contribution in [0.2, 0.25) is 0 Å². The van der Waals surface area contributed by atoms with Gasteiger partial charge in [0.25, 0.3) is 0 Å². The van der Waals surface area contributed by atoms with E-state index in [4.69, 9.17) is 14.2 Å². The molecule has 2 atom stereocenters. The van der Waals surface area contributed by atoms with Crippen molar-refractivity contribution in [1.29, 1.82) is 0 Å². The molecule has 110 valence electrons. The van der Waals surface area contributed by atoms with Gasteiger partial charge in [0.1, 0.15) is 0 Å². The third-order valence-corrected chi connectivity index (χ3v) is 3.79. The predicted molar refractivity (Wildman–Crippen MR) is 81.2 cm³/mol. The molecule has 0 amide bonds. The predicted octanol–water partition coefficient (Wildman–Crippen LogP) is 3.10. The highest BCUT2D eigenvalue weighted by molar-refractivity contribution is 5.55. The monoisotopic (exact) mass is 285 g/mol. The standard InChI is InChI=1S/C17H19NO3/c1-19-13-9-12(10-14(20-2)17(13)21-3)16-15(18-16)11-7-5-4-6-8-11/h4-10,15-16,18H,1-3H3. The van der Waals surface area contributed by atoms with Crippen LogP contribution in [0.15, 0.2) is 42.5 Å². The molecule has 3 rings (SSSR count). The van der Waals surface area contributed by atoms with Crippen LogP contribution in [-0.2, 0) is 0 Å². The second-order valence-electron chi connectivity index (χ2n) is 4.99. The summed E-state index contributed by atoms with van der Waals surface area (Å²) in [5.74, 6) is 2.00. The summed E-state index contributed by atoms with van der Waals surface area (Å²) in [6, 6.07) is 15.0. The summed E-state index contributed by atoms with van der Waals surface area (Å²) < 4.78 is 16.2. The third-order valence-electron chi connectivity index (χ3n) is 3.79. The molecule has 2 aromatic carbocycles. The van der Waals surface area contributed by atoms with E-state index in [1.54, 1.807) is 21.3 Å². The summed E-state index contributed by atoms with van der Waals surface area (Å²) in [7, 11) is 4.88. The van der Waals surface area contributed by atoms with Crippen molar-refractivity contribution in [1.82, 2.24) is 5.32 Å². The van der Waals surface area contributed by atoms with Crippen LogP contribution in [0, 0.1) is 0 Å². The highest BCUT2D eigenvalue weighted by atomic mass is 16.5. The van der Waals surface area contributed by atoms with Crippen molar-refractivity contribution >= 4 is 0 Å². The lowest BCUT2D eigenvalue weighted by Crippen LogP contribution is -1.97. The van der Waals surface area contributed by atoms with Gasteiger partial charge in [0.2, 0.25) is 5.75 Å². The second-order valence-corrected chi connectivity index (χ2v) is 4.99. The maximum Gasteiger partial charge on any atom is 0.203 e. The van der Waals surface area contributed by atoms with Gasteiger partial charge < -0.3 is 14.2 Å². The number of hydrogen-bond acceptors (Lipinski definition) is 4. The Balaban J connectivity index is 1.90. The largest absolute Gasteiger partial charge is 0.493 e. The number of rotatable bonds is 5. The maximum atomic E-state index is 5.41. The molecule has 0 bridgehead atoms. The molecule has 0 aliphatic carbocycles. The fourth-order valence-electron chi connectivity index (χ4n) is 2.66. The van der Waals surface area contributed by atoms with Crippen molar-refractivity contribution < 1.29 is 14.2 Å². The van der Waals surface area contributed by atoms with E-state index in [0.29, 0.717) is 23.3 Å². The molecule has 0 aromatic heterocycles. The average molecular weight is 285 g/mol. The van der Waals surface area contributed by atoms with E-state index in [1.165, 1.54) is 5.56 Å². The first kappa shape index (κ1) is 13.8. The van der Waals surface area contributed by atoms with Gasteiger partial charge in [-0.2, -0.15) is 0 Å². The summed E-state index contributed by atoms with van der Waals surface area (Å²) >= 11 is 0.